The summed E-state index contributed by atoms with van der Waals surface area (Å²) in [5, 5.41) is 3.57. The minimum absolute atomic E-state index is 0.250. The molecule has 2 atom stereocenters. The molecule has 130 valence electrons. The number of alkyl halides is 3. The first-order valence-electron chi connectivity index (χ1n) is 7.75. The average molecular weight is 343 g/mol. The molecule has 2 aliphatic rings. The number of rotatable bonds is 5. The van der Waals surface area contributed by atoms with Crippen LogP contribution >= 0.6 is 0 Å². The Labute approximate surface area is 129 Å². The molecular weight excluding hydrogens is 319 g/mol. The van der Waals surface area contributed by atoms with Crippen molar-refractivity contribution in [3.05, 3.63) is 0 Å². The topological polar surface area (TPSA) is 61.4 Å². The Morgan fingerprint density at radius 1 is 1.14 bits per heavy atom. The van der Waals surface area contributed by atoms with Crippen LogP contribution in [-0.4, -0.2) is 50.6 Å². The normalized spacial score (nSPS) is 29.1. The van der Waals surface area contributed by atoms with Gasteiger partial charge in [-0.3, -0.25) is 0 Å². The molecule has 0 aromatic heterocycles. The zero-order chi connectivity index (χ0) is 16.4. The van der Waals surface area contributed by atoms with Gasteiger partial charge in [-0.2, -0.15) is 30.6 Å². The number of hydrogen-bond acceptors (Lipinski definition) is 3. The highest BCUT2D eigenvalue weighted by Crippen LogP contribution is 2.26. The van der Waals surface area contributed by atoms with E-state index in [0.29, 0.717) is 24.8 Å². The van der Waals surface area contributed by atoms with Crippen molar-refractivity contribution in [3.63, 3.8) is 0 Å². The third-order valence-electron chi connectivity index (χ3n) is 4.56. The summed E-state index contributed by atoms with van der Waals surface area (Å²) in [6, 6.07) is 0.733. The highest BCUT2D eigenvalue weighted by molar-refractivity contribution is 7.87. The van der Waals surface area contributed by atoms with Gasteiger partial charge in [-0.05, 0) is 31.6 Å². The standard InChI is InChI=1S/C13H24F3N3O2S/c1-10-3-2-4-12(10)18-11-5-7-19(8-6-11)22(20,21)17-9-13(14,15)16/h10-12,17-18H,2-9H2,1H3. The lowest BCUT2D eigenvalue weighted by Gasteiger charge is -2.34. The molecule has 1 saturated carbocycles. The Morgan fingerprint density at radius 2 is 1.77 bits per heavy atom. The minimum Gasteiger partial charge on any atom is -0.311 e. The highest BCUT2D eigenvalue weighted by atomic mass is 32.2. The van der Waals surface area contributed by atoms with E-state index in [0.717, 1.165) is 10.7 Å². The zero-order valence-corrected chi connectivity index (χ0v) is 13.5. The molecule has 5 nitrogen and oxygen atoms in total. The number of piperidine rings is 1. The van der Waals surface area contributed by atoms with Crippen LogP contribution in [-0.2, 0) is 10.2 Å². The van der Waals surface area contributed by atoms with Gasteiger partial charge in [-0.1, -0.05) is 13.3 Å². The highest BCUT2D eigenvalue weighted by Gasteiger charge is 2.34. The van der Waals surface area contributed by atoms with Crippen molar-refractivity contribution < 1.29 is 21.6 Å². The lowest BCUT2D eigenvalue weighted by atomic mass is 10.0. The van der Waals surface area contributed by atoms with Gasteiger partial charge in [-0.25, -0.2) is 0 Å². The molecule has 0 aromatic rings. The van der Waals surface area contributed by atoms with Crippen LogP contribution in [0.5, 0.6) is 0 Å². The summed E-state index contributed by atoms with van der Waals surface area (Å²) in [5.41, 5.74) is 0. The Morgan fingerprint density at radius 3 is 2.27 bits per heavy atom. The molecule has 22 heavy (non-hydrogen) atoms. The van der Waals surface area contributed by atoms with Crippen LogP contribution in [0.15, 0.2) is 0 Å². The van der Waals surface area contributed by atoms with E-state index in [2.05, 4.69) is 12.2 Å². The summed E-state index contributed by atoms with van der Waals surface area (Å²) in [7, 11) is -4.04. The predicted octanol–water partition coefficient (Wildman–Crippen LogP) is 1.63. The molecule has 2 fully saturated rings. The predicted molar refractivity (Wildman–Crippen MR) is 77.5 cm³/mol. The van der Waals surface area contributed by atoms with Crippen LogP contribution in [0.4, 0.5) is 13.2 Å². The fourth-order valence-corrected chi connectivity index (χ4v) is 4.44. The monoisotopic (exact) mass is 343 g/mol. The lowest BCUT2D eigenvalue weighted by Crippen LogP contribution is -2.51. The first kappa shape index (κ1) is 18.0. The van der Waals surface area contributed by atoms with Gasteiger partial charge >= 0.3 is 6.18 Å². The van der Waals surface area contributed by atoms with Crippen LogP contribution in [0.1, 0.15) is 39.0 Å². The van der Waals surface area contributed by atoms with Crippen LogP contribution in [0.2, 0.25) is 0 Å². The van der Waals surface area contributed by atoms with Crippen molar-refractivity contribution in [2.45, 2.75) is 57.3 Å². The smallest absolute Gasteiger partial charge is 0.311 e. The van der Waals surface area contributed by atoms with E-state index in [9.17, 15) is 21.6 Å². The number of nitrogens with one attached hydrogen (secondary N) is 2. The Balaban J connectivity index is 1.78. The molecular formula is C13H24F3N3O2S. The van der Waals surface area contributed by atoms with E-state index < -0.39 is 22.9 Å². The molecule has 2 rings (SSSR count). The molecule has 0 bridgehead atoms. The summed E-state index contributed by atoms with van der Waals surface area (Å²) >= 11 is 0. The van der Waals surface area contributed by atoms with Gasteiger partial charge in [0.15, 0.2) is 0 Å². The molecule has 1 aliphatic carbocycles. The van der Waals surface area contributed by atoms with Gasteiger partial charge in [0.1, 0.15) is 6.54 Å². The quantitative estimate of drug-likeness (QED) is 0.798. The van der Waals surface area contributed by atoms with Gasteiger partial charge in [0, 0.05) is 25.2 Å². The van der Waals surface area contributed by atoms with Crippen molar-refractivity contribution in [2.75, 3.05) is 19.6 Å². The molecule has 9 heteroatoms. The second-order valence-corrected chi connectivity index (χ2v) is 8.05. The van der Waals surface area contributed by atoms with Crippen molar-refractivity contribution >= 4 is 10.2 Å². The maximum atomic E-state index is 12.1. The van der Waals surface area contributed by atoms with Crippen LogP contribution in [0, 0.1) is 5.92 Å². The molecule has 1 saturated heterocycles. The van der Waals surface area contributed by atoms with Gasteiger partial charge in [0.05, 0.1) is 0 Å². The van der Waals surface area contributed by atoms with Gasteiger partial charge < -0.3 is 5.32 Å². The van der Waals surface area contributed by atoms with Crippen molar-refractivity contribution in [3.8, 4) is 0 Å². The van der Waals surface area contributed by atoms with Gasteiger partial charge in [-0.15, -0.1) is 0 Å². The van der Waals surface area contributed by atoms with Gasteiger partial charge in [0.2, 0.25) is 0 Å². The van der Waals surface area contributed by atoms with Crippen LogP contribution < -0.4 is 10.0 Å². The van der Waals surface area contributed by atoms with E-state index in [-0.39, 0.29) is 19.1 Å². The molecule has 2 unspecified atom stereocenters. The third-order valence-corrected chi connectivity index (χ3v) is 6.11. The van der Waals surface area contributed by atoms with Crippen molar-refractivity contribution in [1.82, 2.24) is 14.3 Å². The maximum absolute atomic E-state index is 12.1. The number of halogens is 3. The summed E-state index contributed by atoms with van der Waals surface area (Å²) in [4.78, 5) is 0. The van der Waals surface area contributed by atoms with Gasteiger partial charge in [0.25, 0.3) is 10.2 Å². The molecule has 2 N–H and O–H groups in total. The molecule has 1 aliphatic heterocycles. The molecule has 0 spiro atoms. The molecule has 1 heterocycles. The first-order chi connectivity index (χ1) is 10.2. The number of hydrogen-bond donors (Lipinski definition) is 2. The largest absolute Gasteiger partial charge is 0.402 e. The molecule has 0 aromatic carbocycles. The van der Waals surface area contributed by atoms with E-state index >= 15 is 0 Å². The Bertz CT molecular complexity index is 462. The SMILES string of the molecule is CC1CCCC1NC1CCN(S(=O)(=O)NCC(F)(F)F)CC1. The fourth-order valence-electron chi connectivity index (χ4n) is 3.22. The fraction of sp³-hybridized carbons (Fsp3) is 1.00. The van der Waals surface area contributed by atoms with Crippen LogP contribution in [0.3, 0.4) is 0 Å². The first-order valence-corrected chi connectivity index (χ1v) is 9.19. The van der Waals surface area contributed by atoms with E-state index in [4.69, 9.17) is 0 Å². The van der Waals surface area contributed by atoms with E-state index in [1.807, 2.05) is 0 Å². The second-order valence-electron chi connectivity index (χ2n) is 6.30. The number of nitrogens with zero attached hydrogens (tertiary/aromatic N) is 1. The van der Waals surface area contributed by atoms with E-state index in [1.54, 1.807) is 4.72 Å². The summed E-state index contributed by atoms with van der Waals surface area (Å²) in [5.74, 6) is 0.634. The summed E-state index contributed by atoms with van der Waals surface area (Å²) in [6.07, 6.45) is 0.310. The minimum atomic E-state index is -4.54. The maximum Gasteiger partial charge on any atom is 0.402 e. The molecule has 0 amide bonds. The lowest BCUT2D eigenvalue weighted by molar-refractivity contribution is -0.121. The summed E-state index contributed by atoms with van der Waals surface area (Å²) in [6.45, 7) is 1.20. The average Bonchev–Trinajstić information content (AvgIpc) is 2.82. The third kappa shape index (κ3) is 5.07. The zero-order valence-electron chi connectivity index (χ0n) is 12.7. The Hall–Kier alpha value is -0.380. The van der Waals surface area contributed by atoms with Crippen LogP contribution in [0.25, 0.3) is 0 Å². The van der Waals surface area contributed by atoms with Crippen molar-refractivity contribution in [1.29, 1.82) is 0 Å². The summed E-state index contributed by atoms with van der Waals surface area (Å²) < 4.78 is 62.8. The van der Waals surface area contributed by atoms with E-state index in [1.165, 1.54) is 12.8 Å². The van der Waals surface area contributed by atoms with Crippen molar-refractivity contribution in [2.24, 2.45) is 5.92 Å². The Kier molecular flexibility index (Phi) is 5.73. The second kappa shape index (κ2) is 7.02. The molecule has 0 radical (unpaired) electrons.